The van der Waals surface area contributed by atoms with E-state index in [1.54, 1.807) is 30.3 Å². The van der Waals surface area contributed by atoms with Crippen molar-refractivity contribution < 1.29 is 33.4 Å². The van der Waals surface area contributed by atoms with E-state index in [4.69, 9.17) is 21.1 Å². The maximum Gasteiger partial charge on any atom is 0.262 e. The van der Waals surface area contributed by atoms with Crippen molar-refractivity contribution in [1.82, 2.24) is 20.4 Å². The van der Waals surface area contributed by atoms with Crippen LogP contribution in [0.25, 0.3) is 0 Å². The van der Waals surface area contributed by atoms with Gasteiger partial charge in [-0.05, 0) is 67.8 Å². The zero-order valence-electron chi connectivity index (χ0n) is 32.4. The van der Waals surface area contributed by atoms with Gasteiger partial charge < -0.3 is 19.7 Å². The van der Waals surface area contributed by atoms with E-state index in [1.165, 1.54) is 0 Å². The molecule has 0 radical (unpaired) electrons. The molecule has 1 unspecified atom stereocenters. The van der Waals surface area contributed by atoms with Crippen molar-refractivity contribution in [3.8, 4) is 17.6 Å². The van der Waals surface area contributed by atoms with Gasteiger partial charge in [0.05, 0.1) is 21.7 Å². The molecule has 1 saturated carbocycles. The van der Waals surface area contributed by atoms with Gasteiger partial charge in [0.25, 0.3) is 17.7 Å². The highest BCUT2D eigenvalue weighted by Gasteiger charge is 2.64. The Bertz CT molecular complexity index is 2210. The topological polar surface area (TPSA) is 161 Å². The van der Waals surface area contributed by atoms with Crippen LogP contribution in [0.3, 0.4) is 0 Å². The van der Waals surface area contributed by atoms with Crippen molar-refractivity contribution in [3.05, 3.63) is 87.4 Å². The van der Waals surface area contributed by atoms with Crippen LogP contribution < -0.4 is 25.0 Å². The summed E-state index contributed by atoms with van der Waals surface area (Å²) in [7, 11) is 0. The second-order valence-corrected chi connectivity index (χ2v) is 17.2. The van der Waals surface area contributed by atoms with Crippen LogP contribution in [0.5, 0.6) is 11.5 Å². The first-order valence-corrected chi connectivity index (χ1v) is 19.8. The zero-order chi connectivity index (χ0) is 40.4. The molecular weight excluding hydrogens is 748 g/mol. The lowest BCUT2D eigenvalue weighted by molar-refractivity contribution is -0.164. The number of imide groups is 2. The Hall–Kier alpha value is -5.45. The maximum atomic E-state index is 13.5. The number of ether oxygens (including phenoxy) is 2. The number of nitriles is 1. The van der Waals surface area contributed by atoms with E-state index >= 15 is 0 Å². The van der Waals surface area contributed by atoms with Crippen LogP contribution in [0.4, 0.5) is 5.69 Å². The standard InChI is InChI=1S/C43H45ClN6O7/c1-42(2)40(43(3,4)41(42)57-29-10-7-25(22-45)32(44)20-29)47-36(52)24-5-8-27(9-6-24)48-15-13-28(14-16-48)49-17-18-56-34-21-31-30(19-26(34)23-49)38(54)50(39(31)55)33-11-12-35(51)46-37(33)53/h5-10,19-21,28,33,40-41H,11-18,23H2,1-4H3,(H,47,52)(H,46,51,53)/t33?,40-,41-. The number of nitrogens with one attached hydrogen (secondary N) is 2. The minimum atomic E-state index is -1.02. The summed E-state index contributed by atoms with van der Waals surface area (Å²) in [6.07, 6.45) is 1.79. The molecule has 1 aliphatic carbocycles. The lowest BCUT2D eigenvalue weighted by Gasteiger charge is -2.63. The third kappa shape index (κ3) is 6.78. The number of fused-ring (bicyclic) bond motifs is 2. The predicted molar refractivity (Wildman–Crippen MR) is 210 cm³/mol. The smallest absolute Gasteiger partial charge is 0.262 e. The fourth-order valence-corrected chi connectivity index (χ4v) is 10.0. The molecule has 296 valence electrons. The highest BCUT2D eigenvalue weighted by molar-refractivity contribution is 6.31. The molecule has 57 heavy (non-hydrogen) atoms. The van der Waals surface area contributed by atoms with Gasteiger partial charge in [-0.3, -0.25) is 39.1 Å². The quantitative estimate of drug-likeness (QED) is 0.309. The minimum Gasteiger partial charge on any atom is -0.492 e. The van der Waals surface area contributed by atoms with E-state index in [1.807, 2.05) is 24.3 Å². The third-order valence-corrected chi connectivity index (χ3v) is 12.8. The van der Waals surface area contributed by atoms with Crippen LogP contribution in [-0.4, -0.2) is 89.8 Å². The Morgan fingerprint density at radius 1 is 0.930 bits per heavy atom. The van der Waals surface area contributed by atoms with E-state index in [-0.39, 0.29) is 58.9 Å². The summed E-state index contributed by atoms with van der Waals surface area (Å²) in [5.74, 6) is -1.11. The number of anilines is 1. The largest absolute Gasteiger partial charge is 0.492 e. The first-order chi connectivity index (χ1) is 27.2. The van der Waals surface area contributed by atoms with Crippen molar-refractivity contribution in [2.24, 2.45) is 10.8 Å². The maximum absolute atomic E-state index is 13.5. The number of piperidine rings is 2. The van der Waals surface area contributed by atoms with Gasteiger partial charge in [-0.25, -0.2) is 0 Å². The second-order valence-electron chi connectivity index (χ2n) is 16.8. The molecule has 3 aromatic carbocycles. The van der Waals surface area contributed by atoms with E-state index < -0.39 is 29.7 Å². The van der Waals surface area contributed by atoms with Gasteiger partial charge in [0, 0.05) is 78.4 Å². The molecule has 4 heterocycles. The molecule has 8 rings (SSSR count). The Morgan fingerprint density at radius 2 is 1.61 bits per heavy atom. The summed E-state index contributed by atoms with van der Waals surface area (Å²) < 4.78 is 12.5. The molecule has 4 aliphatic heterocycles. The van der Waals surface area contributed by atoms with E-state index in [0.717, 1.165) is 42.1 Å². The molecule has 1 atom stereocenters. The van der Waals surface area contributed by atoms with Gasteiger partial charge in [-0.15, -0.1) is 0 Å². The van der Waals surface area contributed by atoms with Gasteiger partial charge in [0.15, 0.2) is 0 Å². The molecule has 5 aliphatic rings. The van der Waals surface area contributed by atoms with Crippen molar-refractivity contribution >= 4 is 46.8 Å². The molecular formula is C43H45ClN6O7. The lowest BCUT2D eigenvalue weighted by Crippen LogP contribution is -2.74. The Kier molecular flexibility index (Phi) is 9.77. The van der Waals surface area contributed by atoms with Crippen LogP contribution in [0.2, 0.25) is 5.02 Å². The number of nitrogens with zero attached hydrogens (tertiary/aromatic N) is 4. The van der Waals surface area contributed by atoms with Crippen LogP contribution in [0, 0.1) is 22.2 Å². The summed E-state index contributed by atoms with van der Waals surface area (Å²) in [4.78, 5) is 70.2. The zero-order valence-corrected chi connectivity index (χ0v) is 33.2. The number of amides is 5. The molecule has 0 bridgehead atoms. The van der Waals surface area contributed by atoms with Gasteiger partial charge >= 0.3 is 0 Å². The van der Waals surface area contributed by atoms with Crippen LogP contribution in [-0.2, 0) is 16.1 Å². The van der Waals surface area contributed by atoms with E-state index in [2.05, 4.69) is 54.2 Å². The summed E-state index contributed by atoms with van der Waals surface area (Å²) in [5.41, 5.74) is 2.56. The van der Waals surface area contributed by atoms with Crippen molar-refractivity contribution in [2.45, 2.75) is 84.2 Å². The number of carbonyl (C=O) groups excluding carboxylic acids is 5. The number of rotatable bonds is 7. The lowest BCUT2D eigenvalue weighted by atomic mass is 9.49. The average Bonchev–Trinajstić information content (AvgIpc) is 3.30. The fraction of sp³-hybridized carbons (Fsp3) is 0.442. The molecule has 0 aromatic heterocycles. The fourth-order valence-electron chi connectivity index (χ4n) is 9.81. The minimum absolute atomic E-state index is 0.0651. The highest BCUT2D eigenvalue weighted by atomic mass is 35.5. The first kappa shape index (κ1) is 38.4. The summed E-state index contributed by atoms with van der Waals surface area (Å²) in [6.45, 7) is 11.7. The average molecular weight is 793 g/mol. The molecule has 13 nitrogen and oxygen atoms in total. The highest BCUT2D eigenvalue weighted by Crippen LogP contribution is 2.55. The molecule has 3 fully saturated rings. The van der Waals surface area contributed by atoms with Crippen LogP contribution in [0.15, 0.2) is 54.6 Å². The molecule has 0 spiro atoms. The monoisotopic (exact) mass is 792 g/mol. The number of benzene rings is 3. The number of halogens is 1. The summed E-state index contributed by atoms with van der Waals surface area (Å²) >= 11 is 6.25. The summed E-state index contributed by atoms with van der Waals surface area (Å²) in [6, 6.07) is 17.3. The van der Waals surface area contributed by atoms with E-state index in [0.29, 0.717) is 47.3 Å². The number of carbonyl (C=O) groups is 5. The second kappa shape index (κ2) is 14.5. The molecule has 2 N–H and O–H groups in total. The number of hydrogen-bond donors (Lipinski definition) is 2. The van der Waals surface area contributed by atoms with Gasteiger partial charge in [0.1, 0.15) is 36.3 Å². The van der Waals surface area contributed by atoms with E-state index in [9.17, 15) is 29.2 Å². The molecule has 14 heteroatoms. The predicted octanol–water partition coefficient (Wildman–Crippen LogP) is 5.09. The van der Waals surface area contributed by atoms with Gasteiger partial charge in [0.2, 0.25) is 11.8 Å². The van der Waals surface area contributed by atoms with Gasteiger partial charge in [-0.1, -0.05) is 39.3 Å². The first-order valence-electron chi connectivity index (χ1n) is 19.4. The molecule has 5 amide bonds. The normalized spacial score (nSPS) is 24.3. The number of hydrogen-bond acceptors (Lipinski definition) is 10. The molecule has 3 aromatic rings. The molecule has 2 saturated heterocycles. The van der Waals surface area contributed by atoms with Crippen LogP contribution >= 0.6 is 11.6 Å². The Balaban J connectivity index is 0.865. The van der Waals surface area contributed by atoms with Crippen molar-refractivity contribution in [1.29, 1.82) is 5.26 Å². The van der Waals surface area contributed by atoms with Crippen molar-refractivity contribution in [3.63, 3.8) is 0 Å². The Morgan fingerprint density at radius 3 is 2.26 bits per heavy atom. The SMILES string of the molecule is CC1(C)[C@H](NC(=O)c2ccc(N3CCC(N4CCOc5cc6c(cc5C4)C(=O)N(C4CCC(=O)NC4=O)C6=O)CC3)cc2)C(C)(C)[C@H]1Oc1ccc(C#N)c(Cl)c1. The van der Waals surface area contributed by atoms with Gasteiger partial charge in [-0.2, -0.15) is 5.26 Å². The van der Waals surface area contributed by atoms with Crippen molar-refractivity contribution in [2.75, 3.05) is 31.1 Å². The Labute approximate surface area is 336 Å². The third-order valence-electron chi connectivity index (χ3n) is 12.5. The summed E-state index contributed by atoms with van der Waals surface area (Å²) in [5, 5.41) is 15.1. The van der Waals surface area contributed by atoms with Crippen LogP contribution in [0.1, 0.15) is 95.6 Å².